The minimum atomic E-state index is -0.799. The number of hydrogen-bond donors (Lipinski definition) is 2. The van der Waals surface area contributed by atoms with E-state index in [9.17, 15) is 4.79 Å². The highest BCUT2D eigenvalue weighted by Gasteiger charge is 2.16. The Hall–Kier alpha value is -0.610. The number of aliphatic carboxylic acids is 1. The van der Waals surface area contributed by atoms with Gasteiger partial charge in [-0.25, -0.2) is 0 Å². The molecule has 0 unspecified atom stereocenters. The lowest BCUT2D eigenvalue weighted by molar-refractivity contribution is -0.138. The van der Waals surface area contributed by atoms with Crippen molar-refractivity contribution in [2.45, 2.75) is 12.5 Å². The van der Waals surface area contributed by atoms with Gasteiger partial charge in [-0.05, 0) is 0 Å². The molecule has 2 N–H and O–H groups in total. The molecule has 0 bridgehead atoms. The van der Waals surface area contributed by atoms with Gasteiger partial charge >= 0.3 is 5.97 Å². The zero-order valence-corrected chi connectivity index (χ0v) is 5.67. The van der Waals surface area contributed by atoms with E-state index in [1.54, 1.807) is 0 Å². The highest BCUT2D eigenvalue weighted by molar-refractivity contribution is 5.66. The molecule has 0 atom stereocenters. The number of hydrogen-bond acceptors (Lipinski definition) is 3. The van der Waals surface area contributed by atoms with Gasteiger partial charge in [0.25, 0.3) is 0 Å². The van der Waals surface area contributed by atoms with Gasteiger partial charge in [-0.2, -0.15) is 0 Å². The quantitative estimate of drug-likeness (QED) is 0.557. The van der Waals surface area contributed by atoms with Crippen molar-refractivity contribution in [2.75, 3.05) is 19.7 Å². The number of ether oxygens (including phenoxy) is 1. The summed E-state index contributed by atoms with van der Waals surface area (Å²) in [5.41, 5.74) is 0. The van der Waals surface area contributed by atoms with Crippen LogP contribution in [0.2, 0.25) is 0 Å². The Morgan fingerprint density at radius 3 is 2.80 bits per heavy atom. The normalized spacial score (nSPS) is 18.4. The highest BCUT2D eigenvalue weighted by atomic mass is 16.5. The van der Waals surface area contributed by atoms with E-state index in [2.05, 4.69) is 5.32 Å². The Kier molecular flexibility index (Phi) is 2.65. The molecule has 10 heavy (non-hydrogen) atoms. The van der Waals surface area contributed by atoms with E-state index < -0.39 is 5.97 Å². The van der Waals surface area contributed by atoms with Crippen molar-refractivity contribution in [3.05, 3.63) is 0 Å². The Bertz CT molecular complexity index is 122. The SMILES string of the molecule is O=C(O)CCOC1CNC1. The lowest BCUT2D eigenvalue weighted by atomic mass is 10.2. The van der Waals surface area contributed by atoms with Crippen LogP contribution in [-0.4, -0.2) is 36.9 Å². The average molecular weight is 145 g/mol. The first-order chi connectivity index (χ1) is 4.79. The molecule has 0 aromatic carbocycles. The van der Waals surface area contributed by atoms with E-state index in [1.165, 1.54) is 0 Å². The summed E-state index contributed by atoms with van der Waals surface area (Å²) >= 11 is 0. The molecular weight excluding hydrogens is 134 g/mol. The van der Waals surface area contributed by atoms with Crippen LogP contribution in [0.1, 0.15) is 6.42 Å². The van der Waals surface area contributed by atoms with Gasteiger partial charge < -0.3 is 15.2 Å². The molecule has 4 nitrogen and oxygen atoms in total. The number of carbonyl (C=O) groups is 1. The summed E-state index contributed by atoms with van der Waals surface area (Å²) in [4.78, 5) is 9.99. The molecule has 0 amide bonds. The zero-order valence-electron chi connectivity index (χ0n) is 5.67. The summed E-state index contributed by atoms with van der Waals surface area (Å²) in [6.07, 6.45) is 0.357. The van der Waals surface area contributed by atoms with E-state index in [4.69, 9.17) is 9.84 Å². The van der Waals surface area contributed by atoms with Gasteiger partial charge in [0, 0.05) is 13.1 Å². The largest absolute Gasteiger partial charge is 0.481 e. The van der Waals surface area contributed by atoms with Crippen LogP contribution in [0.4, 0.5) is 0 Å². The Morgan fingerprint density at radius 2 is 2.40 bits per heavy atom. The molecule has 1 saturated heterocycles. The molecule has 0 aliphatic carbocycles. The van der Waals surface area contributed by atoms with Crippen LogP contribution >= 0.6 is 0 Å². The predicted octanol–water partition coefficient (Wildman–Crippen LogP) is -0.550. The minimum Gasteiger partial charge on any atom is -0.481 e. The molecule has 0 radical (unpaired) electrons. The van der Waals surface area contributed by atoms with Crippen molar-refractivity contribution in [1.82, 2.24) is 5.32 Å². The standard InChI is InChI=1S/C6H11NO3/c8-6(9)1-2-10-5-3-7-4-5/h5,7H,1-4H2,(H,8,9). The molecule has 1 rings (SSSR count). The summed E-state index contributed by atoms with van der Waals surface area (Å²) in [5.74, 6) is -0.799. The van der Waals surface area contributed by atoms with Gasteiger partial charge in [0.05, 0.1) is 19.1 Å². The summed E-state index contributed by atoms with van der Waals surface area (Å²) in [7, 11) is 0. The molecule has 1 aliphatic heterocycles. The lowest BCUT2D eigenvalue weighted by Crippen LogP contribution is -2.48. The fourth-order valence-electron chi connectivity index (χ4n) is 0.693. The number of carboxylic acids is 1. The maximum absolute atomic E-state index is 9.99. The fourth-order valence-corrected chi connectivity index (χ4v) is 0.693. The predicted molar refractivity (Wildman–Crippen MR) is 34.9 cm³/mol. The highest BCUT2D eigenvalue weighted by Crippen LogP contribution is 1.98. The van der Waals surface area contributed by atoms with Crippen molar-refractivity contribution >= 4 is 5.97 Å². The van der Waals surface area contributed by atoms with Crippen LogP contribution in [0, 0.1) is 0 Å². The Balaban J connectivity index is 1.89. The van der Waals surface area contributed by atoms with E-state index in [0.29, 0.717) is 6.61 Å². The molecule has 1 fully saturated rings. The second kappa shape index (κ2) is 3.53. The van der Waals surface area contributed by atoms with Crippen LogP contribution in [-0.2, 0) is 9.53 Å². The van der Waals surface area contributed by atoms with Gasteiger partial charge in [-0.1, -0.05) is 0 Å². The fraction of sp³-hybridized carbons (Fsp3) is 0.833. The lowest BCUT2D eigenvalue weighted by Gasteiger charge is -2.26. The van der Waals surface area contributed by atoms with Crippen LogP contribution in [0.3, 0.4) is 0 Å². The third kappa shape index (κ3) is 2.33. The van der Waals surface area contributed by atoms with Crippen LogP contribution in [0.25, 0.3) is 0 Å². The second-order valence-corrected chi connectivity index (χ2v) is 2.29. The molecular formula is C6H11NO3. The molecule has 4 heteroatoms. The minimum absolute atomic E-state index is 0.108. The summed E-state index contributed by atoms with van der Waals surface area (Å²) in [6.45, 7) is 2.06. The van der Waals surface area contributed by atoms with E-state index in [0.717, 1.165) is 13.1 Å². The maximum atomic E-state index is 9.99. The number of nitrogens with one attached hydrogen (secondary N) is 1. The first-order valence-corrected chi connectivity index (χ1v) is 3.33. The monoisotopic (exact) mass is 145 g/mol. The van der Waals surface area contributed by atoms with Crippen molar-refractivity contribution in [1.29, 1.82) is 0 Å². The van der Waals surface area contributed by atoms with E-state index in [-0.39, 0.29) is 12.5 Å². The Morgan fingerprint density at radius 1 is 1.70 bits per heavy atom. The third-order valence-electron chi connectivity index (χ3n) is 1.41. The average Bonchev–Trinajstić information content (AvgIpc) is 1.75. The summed E-state index contributed by atoms with van der Waals surface area (Å²) in [5, 5.41) is 11.2. The van der Waals surface area contributed by atoms with E-state index in [1.807, 2.05) is 0 Å². The van der Waals surface area contributed by atoms with Crippen LogP contribution in [0.5, 0.6) is 0 Å². The molecule has 1 aliphatic rings. The van der Waals surface area contributed by atoms with Crippen LogP contribution in [0.15, 0.2) is 0 Å². The first kappa shape index (κ1) is 7.50. The Labute approximate surface area is 59.2 Å². The first-order valence-electron chi connectivity index (χ1n) is 3.33. The molecule has 0 saturated carbocycles. The zero-order chi connectivity index (χ0) is 7.40. The number of carboxylic acid groups (broad SMARTS) is 1. The van der Waals surface area contributed by atoms with Gasteiger partial charge in [0.2, 0.25) is 0 Å². The molecule has 1 heterocycles. The molecule has 58 valence electrons. The maximum Gasteiger partial charge on any atom is 0.305 e. The topological polar surface area (TPSA) is 58.6 Å². The molecule has 0 spiro atoms. The smallest absolute Gasteiger partial charge is 0.305 e. The summed E-state index contributed by atoms with van der Waals surface area (Å²) < 4.78 is 5.15. The van der Waals surface area contributed by atoms with E-state index >= 15 is 0 Å². The van der Waals surface area contributed by atoms with Crippen LogP contribution < -0.4 is 5.32 Å². The van der Waals surface area contributed by atoms with Gasteiger partial charge in [-0.15, -0.1) is 0 Å². The second-order valence-electron chi connectivity index (χ2n) is 2.29. The van der Waals surface area contributed by atoms with Crippen molar-refractivity contribution in [2.24, 2.45) is 0 Å². The molecule has 0 aromatic heterocycles. The van der Waals surface area contributed by atoms with Gasteiger partial charge in [0.15, 0.2) is 0 Å². The molecule has 0 aromatic rings. The van der Waals surface area contributed by atoms with Crippen molar-refractivity contribution < 1.29 is 14.6 Å². The number of rotatable bonds is 4. The van der Waals surface area contributed by atoms with Gasteiger partial charge in [0.1, 0.15) is 0 Å². The third-order valence-corrected chi connectivity index (χ3v) is 1.41. The summed E-state index contributed by atoms with van der Waals surface area (Å²) in [6, 6.07) is 0. The van der Waals surface area contributed by atoms with Crippen molar-refractivity contribution in [3.63, 3.8) is 0 Å². The van der Waals surface area contributed by atoms with Gasteiger partial charge in [-0.3, -0.25) is 4.79 Å². The van der Waals surface area contributed by atoms with Crippen molar-refractivity contribution in [3.8, 4) is 0 Å².